The van der Waals surface area contributed by atoms with Crippen LogP contribution in [-0.2, 0) is 14.3 Å². The second kappa shape index (κ2) is 7.62. The first kappa shape index (κ1) is 18.6. The lowest BCUT2D eigenvalue weighted by atomic mass is 9.99. The number of rotatable bonds is 4. The first-order valence-corrected chi connectivity index (χ1v) is 8.94. The van der Waals surface area contributed by atoms with Gasteiger partial charge in [0.15, 0.2) is 0 Å². The average Bonchev–Trinajstić information content (AvgIpc) is 2.92. The van der Waals surface area contributed by atoms with Crippen LogP contribution in [0.15, 0.2) is 71.4 Å². The largest absolute Gasteiger partial charge is 0.465 e. The molecule has 0 aromatic heterocycles. The Morgan fingerprint density at radius 1 is 1.04 bits per heavy atom. The van der Waals surface area contributed by atoms with Crippen molar-refractivity contribution in [2.45, 2.75) is 26.7 Å². The Hall–Kier alpha value is -3.14. The van der Waals surface area contributed by atoms with Gasteiger partial charge in [0.1, 0.15) is 0 Å². The molecule has 138 valence electrons. The standard InChI is InChI=1S/C23H23NO3/c1-15(2)18-12-10-17(11-13-18)14-20-21(23(26)27-4)16(3)24(22(20)25)19-8-6-5-7-9-19/h5-15H,1-4H3/b20-14-. The van der Waals surface area contributed by atoms with E-state index in [1.807, 2.05) is 54.6 Å². The molecule has 0 unspecified atom stereocenters. The van der Waals surface area contributed by atoms with Crippen LogP contribution in [-0.4, -0.2) is 19.0 Å². The van der Waals surface area contributed by atoms with Gasteiger partial charge >= 0.3 is 5.97 Å². The van der Waals surface area contributed by atoms with Crippen LogP contribution in [0.4, 0.5) is 5.69 Å². The van der Waals surface area contributed by atoms with Crippen LogP contribution in [0, 0.1) is 0 Å². The van der Waals surface area contributed by atoms with Gasteiger partial charge in [-0.15, -0.1) is 0 Å². The van der Waals surface area contributed by atoms with E-state index in [2.05, 4.69) is 13.8 Å². The number of amides is 1. The topological polar surface area (TPSA) is 46.6 Å². The molecule has 0 spiro atoms. The highest BCUT2D eigenvalue weighted by Crippen LogP contribution is 2.35. The number of carbonyl (C=O) groups excluding carboxylic acids is 2. The normalized spacial score (nSPS) is 15.8. The van der Waals surface area contributed by atoms with Gasteiger partial charge in [-0.25, -0.2) is 4.79 Å². The summed E-state index contributed by atoms with van der Waals surface area (Å²) in [5.41, 5.74) is 4.04. The quantitative estimate of drug-likeness (QED) is 0.586. The van der Waals surface area contributed by atoms with Crippen molar-refractivity contribution >= 4 is 23.6 Å². The summed E-state index contributed by atoms with van der Waals surface area (Å²) < 4.78 is 4.94. The Labute approximate surface area is 159 Å². The minimum atomic E-state index is -0.510. The summed E-state index contributed by atoms with van der Waals surface area (Å²) in [6.07, 6.45) is 1.76. The number of allylic oxidation sites excluding steroid dienone is 1. The fraction of sp³-hybridized carbons (Fsp3) is 0.217. The number of hydrogen-bond donors (Lipinski definition) is 0. The summed E-state index contributed by atoms with van der Waals surface area (Å²) in [4.78, 5) is 27.1. The third-order valence-corrected chi connectivity index (χ3v) is 4.72. The van der Waals surface area contributed by atoms with E-state index in [1.165, 1.54) is 12.7 Å². The number of nitrogens with zero attached hydrogens (tertiary/aromatic N) is 1. The predicted molar refractivity (Wildman–Crippen MR) is 107 cm³/mol. The zero-order valence-electron chi connectivity index (χ0n) is 16.0. The molecule has 1 aliphatic heterocycles. The molecular formula is C23H23NO3. The zero-order chi connectivity index (χ0) is 19.6. The Kier molecular flexibility index (Phi) is 5.26. The first-order chi connectivity index (χ1) is 12.9. The molecule has 0 saturated carbocycles. The molecule has 3 rings (SSSR count). The lowest BCUT2D eigenvalue weighted by Gasteiger charge is -2.17. The number of methoxy groups -OCH3 is 1. The van der Waals surface area contributed by atoms with Gasteiger partial charge < -0.3 is 4.74 Å². The fourth-order valence-corrected chi connectivity index (χ4v) is 3.21. The van der Waals surface area contributed by atoms with Gasteiger partial charge in [0.05, 0.1) is 18.3 Å². The molecule has 2 aromatic carbocycles. The van der Waals surface area contributed by atoms with E-state index in [4.69, 9.17) is 4.74 Å². The van der Waals surface area contributed by atoms with Crippen molar-refractivity contribution in [3.05, 3.63) is 82.6 Å². The van der Waals surface area contributed by atoms with Crippen LogP contribution in [0.5, 0.6) is 0 Å². The minimum absolute atomic E-state index is 0.230. The van der Waals surface area contributed by atoms with Crippen LogP contribution < -0.4 is 4.90 Å². The molecule has 1 heterocycles. The van der Waals surface area contributed by atoms with Crippen molar-refractivity contribution in [1.29, 1.82) is 0 Å². The van der Waals surface area contributed by atoms with Crippen LogP contribution in [0.2, 0.25) is 0 Å². The first-order valence-electron chi connectivity index (χ1n) is 8.94. The number of para-hydroxylation sites is 1. The van der Waals surface area contributed by atoms with Crippen molar-refractivity contribution in [2.24, 2.45) is 0 Å². The summed E-state index contributed by atoms with van der Waals surface area (Å²) >= 11 is 0. The monoisotopic (exact) mass is 361 g/mol. The predicted octanol–water partition coefficient (Wildman–Crippen LogP) is 4.69. The SMILES string of the molecule is COC(=O)C1=C(C)N(c2ccccc2)C(=O)/C1=C\c1ccc(C(C)C)cc1. The van der Waals surface area contributed by atoms with E-state index < -0.39 is 5.97 Å². The van der Waals surface area contributed by atoms with E-state index in [0.29, 0.717) is 22.8 Å². The highest BCUT2D eigenvalue weighted by atomic mass is 16.5. The molecular weight excluding hydrogens is 338 g/mol. The van der Waals surface area contributed by atoms with Gasteiger partial charge in [0.2, 0.25) is 0 Å². The summed E-state index contributed by atoms with van der Waals surface area (Å²) in [6, 6.07) is 17.3. The van der Waals surface area contributed by atoms with Crippen molar-refractivity contribution in [1.82, 2.24) is 0 Å². The smallest absolute Gasteiger partial charge is 0.340 e. The lowest BCUT2D eigenvalue weighted by molar-refractivity contribution is -0.136. The third-order valence-electron chi connectivity index (χ3n) is 4.72. The van der Waals surface area contributed by atoms with E-state index in [-0.39, 0.29) is 5.91 Å². The molecule has 0 atom stereocenters. The molecule has 0 radical (unpaired) electrons. The number of benzene rings is 2. The Balaban J connectivity index is 2.07. The minimum Gasteiger partial charge on any atom is -0.465 e. The van der Waals surface area contributed by atoms with E-state index >= 15 is 0 Å². The maximum atomic E-state index is 13.1. The van der Waals surface area contributed by atoms with Crippen LogP contribution >= 0.6 is 0 Å². The van der Waals surface area contributed by atoms with Gasteiger partial charge in [-0.1, -0.05) is 56.3 Å². The van der Waals surface area contributed by atoms with E-state index in [9.17, 15) is 9.59 Å². The van der Waals surface area contributed by atoms with Crippen molar-refractivity contribution in [3.8, 4) is 0 Å². The van der Waals surface area contributed by atoms with Crippen LogP contribution in [0.25, 0.3) is 6.08 Å². The number of hydrogen-bond acceptors (Lipinski definition) is 3. The summed E-state index contributed by atoms with van der Waals surface area (Å²) in [5.74, 6) is -0.308. The van der Waals surface area contributed by atoms with E-state index in [0.717, 1.165) is 11.3 Å². The van der Waals surface area contributed by atoms with Crippen LogP contribution in [0.1, 0.15) is 37.8 Å². The number of esters is 1. The molecule has 27 heavy (non-hydrogen) atoms. The highest BCUT2D eigenvalue weighted by Gasteiger charge is 2.37. The number of ether oxygens (including phenoxy) is 1. The number of carbonyl (C=O) groups is 2. The van der Waals surface area contributed by atoms with Crippen LogP contribution in [0.3, 0.4) is 0 Å². The van der Waals surface area contributed by atoms with Crippen molar-refractivity contribution in [3.63, 3.8) is 0 Å². The van der Waals surface area contributed by atoms with Crippen molar-refractivity contribution < 1.29 is 14.3 Å². The van der Waals surface area contributed by atoms with Gasteiger partial charge in [-0.2, -0.15) is 0 Å². The molecule has 4 nitrogen and oxygen atoms in total. The Morgan fingerprint density at radius 3 is 2.22 bits per heavy atom. The maximum absolute atomic E-state index is 13.1. The number of anilines is 1. The lowest BCUT2D eigenvalue weighted by Crippen LogP contribution is -2.24. The maximum Gasteiger partial charge on any atom is 0.340 e. The summed E-state index contributed by atoms with van der Waals surface area (Å²) in [6.45, 7) is 6.03. The summed E-state index contributed by atoms with van der Waals surface area (Å²) in [7, 11) is 1.33. The van der Waals surface area contributed by atoms with Gasteiger partial charge in [-0.3, -0.25) is 9.69 Å². The van der Waals surface area contributed by atoms with Gasteiger partial charge in [0, 0.05) is 11.4 Å². The Morgan fingerprint density at radius 2 is 1.67 bits per heavy atom. The molecule has 4 heteroatoms. The molecule has 0 N–H and O–H groups in total. The molecule has 1 amide bonds. The molecule has 0 bridgehead atoms. The molecule has 1 aliphatic rings. The van der Waals surface area contributed by atoms with E-state index in [1.54, 1.807) is 17.9 Å². The Bertz CT molecular complexity index is 922. The van der Waals surface area contributed by atoms with Gasteiger partial charge in [0.25, 0.3) is 5.91 Å². The van der Waals surface area contributed by atoms with Crippen molar-refractivity contribution in [2.75, 3.05) is 12.0 Å². The molecule has 0 aliphatic carbocycles. The second-order valence-electron chi connectivity index (χ2n) is 6.81. The fourth-order valence-electron chi connectivity index (χ4n) is 3.21. The third kappa shape index (κ3) is 3.56. The zero-order valence-corrected chi connectivity index (χ0v) is 16.0. The highest BCUT2D eigenvalue weighted by molar-refractivity contribution is 6.23. The summed E-state index contributed by atoms with van der Waals surface area (Å²) in [5, 5.41) is 0. The molecule has 0 saturated heterocycles. The van der Waals surface area contributed by atoms with Gasteiger partial charge in [-0.05, 0) is 42.2 Å². The average molecular weight is 361 g/mol. The molecule has 2 aromatic rings. The second-order valence-corrected chi connectivity index (χ2v) is 6.81. The molecule has 0 fully saturated rings.